The summed E-state index contributed by atoms with van der Waals surface area (Å²) in [7, 11) is -9.74. The third kappa shape index (κ3) is 7.02. The first-order chi connectivity index (χ1) is 13.7. The lowest BCUT2D eigenvalue weighted by Gasteiger charge is -2.43. The molecule has 2 saturated heterocycles. The van der Waals surface area contributed by atoms with Crippen molar-refractivity contribution in [3.05, 3.63) is 0 Å². The minimum atomic E-state index is -4.88. The number of carbonyl (C=O) groups is 1. The lowest BCUT2D eigenvalue weighted by Crippen LogP contribution is -2.62. The molecule has 0 amide bonds. The summed E-state index contributed by atoms with van der Waals surface area (Å²) in [6.07, 6.45) is -9.72. The summed E-state index contributed by atoms with van der Waals surface area (Å²) in [5.74, 6) is -2.07. The van der Waals surface area contributed by atoms with E-state index in [-0.39, 0.29) is 6.61 Å². The van der Waals surface area contributed by atoms with Crippen molar-refractivity contribution in [1.29, 1.82) is 0 Å². The van der Waals surface area contributed by atoms with Crippen LogP contribution in [0, 0.1) is 5.92 Å². The molecule has 176 valence electrons. The van der Waals surface area contributed by atoms with Gasteiger partial charge in [-0.3, -0.25) is 9.11 Å². The third-order valence-corrected chi connectivity index (χ3v) is 5.52. The zero-order chi connectivity index (χ0) is 22.9. The zero-order valence-corrected chi connectivity index (χ0v) is 17.1. The van der Waals surface area contributed by atoms with Crippen LogP contribution in [-0.4, -0.2) is 103 Å². The number of aliphatic hydroxyl groups excluding tert-OH is 2. The molecule has 2 aliphatic heterocycles. The third-order valence-electron chi connectivity index (χ3n) is 4.52. The van der Waals surface area contributed by atoms with Gasteiger partial charge in [0.15, 0.2) is 12.4 Å². The second kappa shape index (κ2) is 9.65. The fourth-order valence-electron chi connectivity index (χ4n) is 3.09. The molecule has 0 saturated carbocycles. The van der Waals surface area contributed by atoms with Crippen LogP contribution in [0.4, 0.5) is 0 Å². The van der Waals surface area contributed by atoms with Gasteiger partial charge in [-0.1, -0.05) is 6.92 Å². The first-order valence-corrected chi connectivity index (χ1v) is 11.4. The second-order valence-corrected chi connectivity index (χ2v) is 9.20. The maximum absolute atomic E-state index is 11.4. The van der Waals surface area contributed by atoms with Crippen molar-refractivity contribution >= 4 is 26.7 Å². The second-order valence-electron chi connectivity index (χ2n) is 6.92. The first kappa shape index (κ1) is 25.3. The van der Waals surface area contributed by atoms with E-state index >= 15 is 0 Å². The number of aliphatic carboxylic acids is 1. The topological polar surface area (TPSA) is 235 Å². The maximum Gasteiger partial charge on any atom is 0.397 e. The zero-order valence-electron chi connectivity index (χ0n) is 15.5. The van der Waals surface area contributed by atoms with Crippen LogP contribution in [0.5, 0.6) is 0 Å². The Morgan fingerprint density at radius 2 is 1.83 bits per heavy atom. The summed E-state index contributed by atoms with van der Waals surface area (Å²) >= 11 is 0. The summed E-state index contributed by atoms with van der Waals surface area (Å²) in [5.41, 5.74) is 0. The van der Waals surface area contributed by atoms with E-state index in [1.807, 2.05) is 0 Å². The molecule has 0 radical (unpaired) electrons. The van der Waals surface area contributed by atoms with Crippen molar-refractivity contribution in [1.82, 2.24) is 4.72 Å². The molecule has 2 heterocycles. The molecule has 4 unspecified atom stereocenters. The van der Waals surface area contributed by atoms with Gasteiger partial charge in [0.1, 0.15) is 12.1 Å². The van der Waals surface area contributed by atoms with Crippen molar-refractivity contribution in [2.75, 3.05) is 13.2 Å². The van der Waals surface area contributed by atoms with E-state index in [9.17, 15) is 36.9 Å². The monoisotopic (exact) mass is 481 g/mol. The Hall–Kier alpha value is -0.990. The molecule has 2 aliphatic rings. The van der Waals surface area contributed by atoms with Gasteiger partial charge in [0.2, 0.25) is 0 Å². The molecule has 8 atom stereocenters. The fourth-order valence-corrected chi connectivity index (χ4v) is 4.03. The average Bonchev–Trinajstić information content (AvgIpc) is 2.58. The summed E-state index contributed by atoms with van der Waals surface area (Å²) in [4.78, 5) is 11.4. The summed E-state index contributed by atoms with van der Waals surface area (Å²) in [6, 6.07) is -1.67. The molecule has 0 spiro atoms. The SMILES string of the molecule is CC1COC(C(=O)O)[C@H](O[C@@H]2OC(COS(=O)(=O)O)C[C@@H](O)C2NS(=O)(=O)O)[C@H]1O. The van der Waals surface area contributed by atoms with Gasteiger partial charge >= 0.3 is 26.7 Å². The van der Waals surface area contributed by atoms with E-state index in [2.05, 4.69) is 4.18 Å². The Bertz CT molecular complexity index is 816. The van der Waals surface area contributed by atoms with Crippen LogP contribution in [-0.2, 0) is 43.9 Å². The molecular formula is C13H23NO14S2. The highest BCUT2D eigenvalue weighted by molar-refractivity contribution is 7.83. The number of hydrogen-bond acceptors (Lipinski definition) is 11. The van der Waals surface area contributed by atoms with E-state index in [1.165, 1.54) is 6.92 Å². The number of aliphatic hydroxyl groups is 2. The molecule has 6 N–H and O–H groups in total. The minimum Gasteiger partial charge on any atom is -0.479 e. The van der Waals surface area contributed by atoms with Crippen LogP contribution in [0.1, 0.15) is 13.3 Å². The van der Waals surface area contributed by atoms with Gasteiger partial charge in [-0.25, -0.2) is 8.98 Å². The van der Waals surface area contributed by atoms with E-state index in [0.717, 1.165) is 0 Å². The molecule has 0 bridgehead atoms. The largest absolute Gasteiger partial charge is 0.479 e. The van der Waals surface area contributed by atoms with Gasteiger partial charge in [0, 0.05) is 12.3 Å². The predicted octanol–water partition coefficient (Wildman–Crippen LogP) is -3.09. The Morgan fingerprint density at radius 1 is 1.20 bits per heavy atom. The predicted molar refractivity (Wildman–Crippen MR) is 92.7 cm³/mol. The molecule has 17 heteroatoms. The summed E-state index contributed by atoms with van der Waals surface area (Å²) < 4.78 is 83.4. The van der Waals surface area contributed by atoms with E-state index in [1.54, 1.807) is 4.72 Å². The van der Waals surface area contributed by atoms with Crippen LogP contribution in [0.25, 0.3) is 0 Å². The number of rotatable bonds is 8. The molecular weight excluding hydrogens is 458 g/mol. The van der Waals surface area contributed by atoms with Crippen LogP contribution in [0.15, 0.2) is 0 Å². The van der Waals surface area contributed by atoms with Gasteiger partial charge in [0.05, 0.1) is 31.5 Å². The minimum absolute atomic E-state index is 0.107. The van der Waals surface area contributed by atoms with Crippen molar-refractivity contribution in [3.63, 3.8) is 0 Å². The number of nitrogens with one attached hydrogen (secondary N) is 1. The molecule has 2 fully saturated rings. The molecule has 15 nitrogen and oxygen atoms in total. The number of ether oxygens (including phenoxy) is 3. The summed E-state index contributed by atoms with van der Waals surface area (Å²) in [6.45, 7) is 0.632. The number of carboxylic acid groups (broad SMARTS) is 1. The lowest BCUT2D eigenvalue weighted by atomic mass is 9.93. The summed E-state index contributed by atoms with van der Waals surface area (Å²) in [5, 5.41) is 29.9. The van der Waals surface area contributed by atoms with Gasteiger partial charge in [-0.15, -0.1) is 0 Å². The smallest absolute Gasteiger partial charge is 0.397 e. The van der Waals surface area contributed by atoms with E-state index in [4.69, 9.17) is 23.3 Å². The van der Waals surface area contributed by atoms with Gasteiger partial charge in [-0.05, 0) is 0 Å². The van der Waals surface area contributed by atoms with Crippen LogP contribution >= 0.6 is 0 Å². The van der Waals surface area contributed by atoms with Crippen molar-refractivity contribution < 1.29 is 64.4 Å². The Balaban J connectivity index is 2.26. The van der Waals surface area contributed by atoms with Crippen molar-refractivity contribution in [3.8, 4) is 0 Å². The van der Waals surface area contributed by atoms with Crippen molar-refractivity contribution in [2.24, 2.45) is 5.92 Å². The first-order valence-electron chi connectivity index (χ1n) is 8.56. The molecule has 0 aromatic carbocycles. The maximum atomic E-state index is 11.4. The van der Waals surface area contributed by atoms with Gasteiger partial charge in [0.25, 0.3) is 0 Å². The normalized spacial score (nSPS) is 38.3. The van der Waals surface area contributed by atoms with Crippen LogP contribution < -0.4 is 4.72 Å². The van der Waals surface area contributed by atoms with Crippen LogP contribution in [0.3, 0.4) is 0 Å². The van der Waals surface area contributed by atoms with Gasteiger partial charge in [-0.2, -0.15) is 21.6 Å². The molecule has 0 aromatic heterocycles. The van der Waals surface area contributed by atoms with E-state index in [0.29, 0.717) is 0 Å². The standard InChI is InChI=1S/C13H23NO14S2/c1-5-3-25-11(12(17)18)10(9(5)16)28-13-8(14-29(19,20)21)7(15)2-6(27-13)4-26-30(22,23)24/h5-11,13-16H,2-4H2,1H3,(H,17,18)(H,19,20,21)(H,22,23,24)/t5?,6?,7-,8?,9+,10-,11?,13+/m1/s1. The average molecular weight is 481 g/mol. The quantitative estimate of drug-likeness (QED) is 0.188. The van der Waals surface area contributed by atoms with Gasteiger partial charge < -0.3 is 29.5 Å². The van der Waals surface area contributed by atoms with Crippen LogP contribution in [0.2, 0.25) is 0 Å². The fraction of sp³-hybridized carbons (Fsp3) is 0.923. The molecule has 2 rings (SSSR count). The Labute approximate surface area is 171 Å². The molecule has 0 aliphatic carbocycles. The number of carboxylic acids is 1. The highest BCUT2D eigenvalue weighted by Crippen LogP contribution is 2.29. The van der Waals surface area contributed by atoms with E-state index < -0.39 is 88.5 Å². The highest BCUT2D eigenvalue weighted by Gasteiger charge is 2.48. The number of hydrogen-bond donors (Lipinski definition) is 6. The Morgan fingerprint density at radius 3 is 2.37 bits per heavy atom. The highest BCUT2D eigenvalue weighted by atomic mass is 32.3. The Kier molecular flexibility index (Phi) is 8.13. The molecule has 0 aromatic rings. The van der Waals surface area contributed by atoms with Crippen molar-refractivity contribution in [2.45, 2.75) is 56.2 Å². The lowest BCUT2D eigenvalue weighted by molar-refractivity contribution is -0.288. The molecule has 30 heavy (non-hydrogen) atoms.